The molecule has 0 radical (unpaired) electrons. The lowest BCUT2D eigenvalue weighted by molar-refractivity contribution is -0.136. The van der Waals surface area contributed by atoms with Gasteiger partial charge in [-0.25, -0.2) is 0 Å². The summed E-state index contributed by atoms with van der Waals surface area (Å²) in [5.74, 6) is 0.363. The molecule has 0 saturated carbocycles. The summed E-state index contributed by atoms with van der Waals surface area (Å²) in [4.78, 5) is 22.2. The van der Waals surface area contributed by atoms with Crippen LogP contribution >= 0.6 is 21.6 Å². The van der Waals surface area contributed by atoms with Crippen molar-refractivity contribution in [2.75, 3.05) is 18.1 Å². The number of nitrogens with zero attached hydrogens (tertiary/aromatic N) is 1. The topological polar surface area (TPSA) is 95.1 Å². The Bertz CT molecular complexity index is 466. The predicted molar refractivity (Wildman–Crippen MR) is 91.3 cm³/mol. The van der Waals surface area contributed by atoms with E-state index in [2.05, 4.69) is 22.4 Å². The molecule has 0 aliphatic heterocycles. The Morgan fingerprint density at radius 2 is 2.09 bits per heavy atom. The Kier molecular flexibility index (Phi) is 9.81. The van der Waals surface area contributed by atoms with Crippen molar-refractivity contribution < 1.29 is 14.7 Å². The van der Waals surface area contributed by atoms with Crippen molar-refractivity contribution in [3.63, 3.8) is 0 Å². The second-order valence-corrected chi connectivity index (χ2v) is 7.48. The second-order valence-electron chi connectivity index (χ2n) is 4.78. The Balaban J connectivity index is 2.13. The van der Waals surface area contributed by atoms with Crippen LogP contribution in [0.25, 0.3) is 0 Å². The van der Waals surface area contributed by atoms with E-state index in [9.17, 15) is 9.59 Å². The Labute approximate surface area is 138 Å². The molecule has 0 aliphatic rings. The highest BCUT2D eigenvalue weighted by Gasteiger charge is 2.09. The molecule has 0 aromatic carbocycles. The quantitative estimate of drug-likeness (QED) is 0.398. The van der Waals surface area contributed by atoms with Gasteiger partial charge in [-0.2, -0.15) is 5.10 Å². The third-order valence-corrected chi connectivity index (χ3v) is 5.28. The van der Waals surface area contributed by atoms with Crippen molar-refractivity contribution >= 4 is 33.5 Å². The molecule has 1 rings (SSSR count). The number of amides is 1. The van der Waals surface area contributed by atoms with Gasteiger partial charge in [0.25, 0.3) is 5.91 Å². The second kappa shape index (κ2) is 11.4. The molecule has 1 aromatic heterocycles. The summed E-state index contributed by atoms with van der Waals surface area (Å²) in [5, 5.41) is 18.2. The number of nitrogens with one attached hydrogen (secondary N) is 2. The molecule has 0 saturated heterocycles. The number of aromatic amines is 1. The molecule has 1 amide bonds. The first-order chi connectivity index (χ1) is 10.6. The first-order valence-corrected chi connectivity index (χ1v) is 9.91. The molecule has 1 heterocycles. The number of carboxylic acids is 1. The zero-order valence-corrected chi connectivity index (χ0v) is 14.4. The van der Waals surface area contributed by atoms with Crippen LogP contribution < -0.4 is 5.32 Å². The monoisotopic (exact) mass is 345 g/mol. The summed E-state index contributed by atoms with van der Waals surface area (Å²) in [6, 6.07) is 1.81. The van der Waals surface area contributed by atoms with Crippen LogP contribution in [0, 0.1) is 0 Å². The van der Waals surface area contributed by atoms with E-state index in [0.717, 1.165) is 24.3 Å². The minimum Gasteiger partial charge on any atom is -0.481 e. The Morgan fingerprint density at radius 3 is 2.82 bits per heavy atom. The van der Waals surface area contributed by atoms with Crippen LogP contribution in [0.4, 0.5) is 0 Å². The van der Waals surface area contributed by atoms with E-state index in [-0.39, 0.29) is 12.3 Å². The van der Waals surface area contributed by atoms with Gasteiger partial charge < -0.3 is 10.4 Å². The van der Waals surface area contributed by atoms with E-state index in [1.807, 2.05) is 0 Å². The van der Waals surface area contributed by atoms with Crippen LogP contribution in [0.3, 0.4) is 0 Å². The van der Waals surface area contributed by atoms with E-state index in [1.165, 1.54) is 23.6 Å². The van der Waals surface area contributed by atoms with Gasteiger partial charge in [-0.15, -0.1) is 0 Å². The molecule has 0 atom stereocenters. The SMILES string of the molecule is CCCCCc1cc(C(=O)NCCSSCCC(=O)O)n[nH]1. The average Bonchev–Trinajstić information content (AvgIpc) is 2.95. The molecule has 22 heavy (non-hydrogen) atoms. The number of rotatable bonds is 12. The van der Waals surface area contributed by atoms with Crippen molar-refractivity contribution in [1.29, 1.82) is 0 Å². The van der Waals surface area contributed by atoms with Crippen LogP contribution in [-0.2, 0) is 11.2 Å². The lowest BCUT2D eigenvalue weighted by atomic mass is 10.1. The van der Waals surface area contributed by atoms with Gasteiger partial charge in [-0.3, -0.25) is 14.7 Å². The van der Waals surface area contributed by atoms with E-state index in [4.69, 9.17) is 5.11 Å². The summed E-state index contributed by atoms with van der Waals surface area (Å²) in [6.07, 6.45) is 4.53. The normalized spacial score (nSPS) is 10.6. The summed E-state index contributed by atoms with van der Waals surface area (Å²) in [5.41, 5.74) is 1.42. The molecule has 0 bridgehead atoms. The number of H-pyrrole nitrogens is 1. The summed E-state index contributed by atoms with van der Waals surface area (Å²) in [6.45, 7) is 2.70. The van der Waals surface area contributed by atoms with Gasteiger partial charge in [0, 0.05) is 23.7 Å². The third kappa shape index (κ3) is 8.33. The highest BCUT2D eigenvalue weighted by molar-refractivity contribution is 8.76. The number of hydrogen-bond donors (Lipinski definition) is 3. The van der Waals surface area contributed by atoms with Crippen LogP contribution in [-0.4, -0.2) is 45.2 Å². The number of carbonyl (C=O) groups is 2. The largest absolute Gasteiger partial charge is 0.481 e. The molecule has 0 aliphatic carbocycles. The number of aryl methyl sites for hydroxylation is 1. The maximum atomic E-state index is 11.9. The molecular weight excluding hydrogens is 322 g/mol. The number of carbonyl (C=O) groups excluding carboxylic acids is 1. The fourth-order valence-corrected chi connectivity index (χ4v) is 3.60. The number of aromatic nitrogens is 2. The maximum Gasteiger partial charge on any atom is 0.304 e. The number of carboxylic acid groups (broad SMARTS) is 1. The van der Waals surface area contributed by atoms with Gasteiger partial charge in [0.05, 0.1) is 6.42 Å². The van der Waals surface area contributed by atoms with Gasteiger partial charge in [0.1, 0.15) is 5.69 Å². The molecule has 3 N–H and O–H groups in total. The molecule has 8 heteroatoms. The highest BCUT2D eigenvalue weighted by Crippen LogP contribution is 2.20. The standard InChI is InChI=1S/C14H23N3O3S2/c1-2-3-4-5-11-10-12(17-16-11)14(20)15-7-9-22-21-8-6-13(18)19/h10H,2-9H2,1H3,(H,15,20)(H,16,17)(H,18,19). The van der Waals surface area contributed by atoms with E-state index in [1.54, 1.807) is 16.9 Å². The van der Waals surface area contributed by atoms with Crippen LogP contribution in [0.15, 0.2) is 6.07 Å². The molecule has 0 fully saturated rings. The van der Waals surface area contributed by atoms with Crippen molar-refractivity contribution in [2.45, 2.75) is 39.0 Å². The lowest BCUT2D eigenvalue weighted by Gasteiger charge is -2.02. The zero-order valence-electron chi connectivity index (χ0n) is 12.8. The van der Waals surface area contributed by atoms with Crippen molar-refractivity contribution in [3.05, 3.63) is 17.5 Å². The van der Waals surface area contributed by atoms with Gasteiger partial charge in [-0.05, 0) is 18.9 Å². The smallest absolute Gasteiger partial charge is 0.304 e. The molecule has 0 spiro atoms. The van der Waals surface area contributed by atoms with Gasteiger partial charge in [0.15, 0.2) is 0 Å². The fourth-order valence-electron chi connectivity index (χ4n) is 1.72. The number of unbranched alkanes of at least 4 members (excludes halogenated alkanes) is 2. The van der Waals surface area contributed by atoms with E-state index >= 15 is 0 Å². The van der Waals surface area contributed by atoms with Crippen LogP contribution in [0.2, 0.25) is 0 Å². The zero-order chi connectivity index (χ0) is 16.2. The summed E-state index contributed by atoms with van der Waals surface area (Å²) in [7, 11) is 3.07. The maximum absolute atomic E-state index is 11.9. The predicted octanol–water partition coefficient (Wildman–Crippen LogP) is 2.73. The van der Waals surface area contributed by atoms with E-state index in [0.29, 0.717) is 18.0 Å². The molecule has 6 nitrogen and oxygen atoms in total. The van der Waals surface area contributed by atoms with E-state index < -0.39 is 5.97 Å². The minimum absolute atomic E-state index is 0.165. The Morgan fingerprint density at radius 1 is 1.32 bits per heavy atom. The Hall–Kier alpha value is -1.15. The van der Waals surface area contributed by atoms with Crippen molar-refractivity contribution in [2.24, 2.45) is 0 Å². The minimum atomic E-state index is -0.783. The van der Waals surface area contributed by atoms with Crippen molar-refractivity contribution in [3.8, 4) is 0 Å². The first-order valence-electron chi connectivity index (χ1n) is 7.42. The number of hydrogen-bond acceptors (Lipinski definition) is 5. The molecule has 124 valence electrons. The summed E-state index contributed by atoms with van der Waals surface area (Å²) < 4.78 is 0. The van der Waals surface area contributed by atoms with Crippen molar-refractivity contribution in [1.82, 2.24) is 15.5 Å². The molecule has 1 aromatic rings. The van der Waals surface area contributed by atoms with Crippen LogP contribution in [0.1, 0.15) is 48.8 Å². The highest BCUT2D eigenvalue weighted by atomic mass is 33.1. The van der Waals surface area contributed by atoms with Crippen LogP contribution in [0.5, 0.6) is 0 Å². The first kappa shape index (κ1) is 18.9. The fraction of sp³-hybridized carbons (Fsp3) is 0.643. The number of aliphatic carboxylic acids is 1. The third-order valence-electron chi connectivity index (χ3n) is 2.87. The average molecular weight is 345 g/mol. The lowest BCUT2D eigenvalue weighted by Crippen LogP contribution is -2.25. The summed E-state index contributed by atoms with van der Waals surface area (Å²) >= 11 is 0. The molecule has 0 unspecified atom stereocenters. The van der Waals surface area contributed by atoms with Gasteiger partial charge in [-0.1, -0.05) is 41.4 Å². The van der Waals surface area contributed by atoms with Gasteiger partial charge in [0.2, 0.25) is 0 Å². The molecular formula is C14H23N3O3S2. The van der Waals surface area contributed by atoms with Gasteiger partial charge >= 0.3 is 5.97 Å².